The molecule has 0 heterocycles. The molecule has 0 saturated heterocycles. The molecule has 0 aliphatic rings. The third-order valence-electron chi connectivity index (χ3n) is 2.53. The highest BCUT2D eigenvalue weighted by Gasteiger charge is 2.13. The molecule has 0 bridgehead atoms. The quantitative estimate of drug-likeness (QED) is 0.745. The van der Waals surface area contributed by atoms with E-state index >= 15 is 0 Å². The van der Waals surface area contributed by atoms with Crippen molar-refractivity contribution in [3.63, 3.8) is 0 Å². The number of methoxy groups -OCH3 is 1. The average molecular weight is 297 g/mol. The second-order valence-corrected chi connectivity index (χ2v) is 5.06. The zero-order valence-electron chi connectivity index (χ0n) is 11.5. The Morgan fingerprint density at radius 3 is 2.60 bits per heavy atom. The number of nitrogens with two attached hydrogens (primary N) is 1. The van der Waals surface area contributed by atoms with E-state index in [9.17, 15) is 9.59 Å². The molecule has 0 saturated carbocycles. The number of hydrogen-bond donors (Lipinski definition) is 3. The zero-order valence-corrected chi connectivity index (χ0v) is 12.3. The number of benzene rings is 1. The minimum atomic E-state index is -0.565. The van der Waals surface area contributed by atoms with E-state index < -0.39 is 12.1 Å². The van der Waals surface area contributed by atoms with Crippen LogP contribution in [0.5, 0.6) is 0 Å². The molecule has 6 nitrogen and oxygen atoms in total. The summed E-state index contributed by atoms with van der Waals surface area (Å²) in [6, 6.07) is 6.23. The van der Waals surface area contributed by atoms with E-state index in [1.165, 1.54) is 7.11 Å². The molecule has 0 aromatic heterocycles. The van der Waals surface area contributed by atoms with Gasteiger partial charge in [0.2, 0.25) is 5.91 Å². The first-order valence-corrected chi connectivity index (χ1v) is 7.46. The van der Waals surface area contributed by atoms with E-state index in [4.69, 9.17) is 5.73 Å². The maximum atomic E-state index is 11.9. The molecular formula is C13H19N3O3S. The first kappa shape index (κ1) is 16.3. The van der Waals surface area contributed by atoms with Gasteiger partial charge in [-0.25, -0.2) is 4.79 Å². The van der Waals surface area contributed by atoms with Crippen LogP contribution < -0.4 is 16.4 Å². The zero-order chi connectivity index (χ0) is 15.0. The predicted octanol–water partition coefficient (Wildman–Crippen LogP) is 1.88. The monoisotopic (exact) mass is 297 g/mol. The van der Waals surface area contributed by atoms with E-state index in [-0.39, 0.29) is 5.91 Å². The Hall–Kier alpha value is -1.73. The molecule has 20 heavy (non-hydrogen) atoms. The SMILES string of the molecule is COC(=O)Nc1cccc(NC(=O)[C@H](N)CCSC)c1. The molecular weight excluding hydrogens is 278 g/mol. The molecule has 110 valence electrons. The van der Waals surface area contributed by atoms with E-state index in [0.29, 0.717) is 17.8 Å². The summed E-state index contributed by atoms with van der Waals surface area (Å²) >= 11 is 1.64. The van der Waals surface area contributed by atoms with Gasteiger partial charge in [-0.3, -0.25) is 10.1 Å². The van der Waals surface area contributed by atoms with Gasteiger partial charge in [-0.2, -0.15) is 11.8 Å². The number of ether oxygens (including phenoxy) is 1. The summed E-state index contributed by atoms with van der Waals surface area (Å²) in [5.74, 6) is 0.590. The van der Waals surface area contributed by atoms with Crippen molar-refractivity contribution in [2.45, 2.75) is 12.5 Å². The number of anilines is 2. The fourth-order valence-electron chi connectivity index (χ4n) is 1.45. The number of carbonyl (C=O) groups excluding carboxylic acids is 2. The van der Waals surface area contributed by atoms with Gasteiger partial charge in [-0.1, -0.05) is 6.07 Å². The standard InChI is InChI=1S/C13H19N3O3S/c1-19-13(18)16-10-5-3-4-9(8-10)15-12(17)11(14)6-7-20-2/h3-5,8,11H,6-7,14H2,1-2H3,(H,15,17)(H,16,18)/t11-/m1/s1. The van der Waals surface area contributed by atoms with Gasteiger partial charge in [0.1, 0.15) is 0 Å². The lowest BCUT2D eigenvalue weighted by molar-refractivity contribution is -0.117. The number of amides is 2. The molecule has 1 aromatic rings. The number of rotatable bonds is 6. The lowest BCUT2D eigenvalue weighted by atomic mass is 10.2. The molecule has 1 aromatic carbocycles. The van der Waals surface area contributed by atoms with Gasteiger partial charge in [0.25, 0.3) is 0 Å². The number of nitrogens with one attached hydrogen (secondary N) is 2. The molecule has 4 N–H and O–H groups in total. The smallest absolute Gasteiger partial charge is 0.411 e. The summed E-state index contributed by atoms with van der Waals surface area (Å²) < 4.78 is 4.50. The highest BCUT2D eigenvalue weighted by Crippen LogP contribution is 2.15. The summed E-state index contributed by atoms with van der Waals surface area (Å²) in [4.78, 5) is 22.9. The fraction of sp³-hybridized carbons (Fsp3) is 0.385. The maximum absolute atomic E-state index is 11.9. The molecule has 1 atom stereocenters. The largest absolute Gasteiger partial charge is 0.453 e. The lowest BCUT2D eigenvalue weighted by Crippen LogP contribution is -2.36. The van der Waals surface area contributed by atoms with Gasteiger partial charge < -0.3 is 15.8 Å². The molecule has 0 aliphatic heterocycles. The molecule has 0 unspecified atom stereocenters. The highest BCUT2D eigenvalue weighted by molar-refractivity contribution is 7.98. The van der Waals surface area contributed by atoms with Crippen molar-refractivity contribution in [2.75, 3.05) is 29.8 Å². The maximum Gasteiger partial charge on any atom is 0.411 e. The van der Waals surface area contributed by atoms with E-state index in [1.54, 1.807) is 36.0 Å². The summed E-state index contributed by atoms with van der Waals surface area (Å²) in [6.45, 7) is 0. The second-order valence-electron chi connectivity index (χ2n) is 4.07. The van der Waals surface area contributed by atoms with Gasteiger partial charge in [-0.15, -0.1) is 0 Å². The van der Waals surface area contributed by atoms with Crippen LogP contribution in [0.1, 0.15) is 6.42 Å². The van der Waals surface area contributed by atoms with E-state index in [1.807, 2.05) is 6.26 Å². The second kappa shape index (κ2) is 8.44. The molecule has 0 fully saturated rings. The van der Waals surface area contributed by atoms with Crippen LogP contribution >= 0.6 is 11.8 Å². The van der Waals surface area contributed by atoms with Crippen molar-refractivity contribution in [1.29, 1.82) is 0 Å². The first-order chi connectivity index (χ1) is 9.56. The molecule has 0 spiro atoms. The van der Waals surface area contributed by atoms with Crippen molar-refractivity contribution in [2.24, 2.45) is 5.73 Å². The molecule has 7 heteroatoms. The molecule has 1 rings (SSSR count). The summed E-state index contributed by atoms with van der Waals surface area (Å²) in [5, 5.41) is 5.24. The van der Waals surface area contributed by atoms with Gasteiger partial charge in [-0.05, 0) is 36.6 Å². The third kappa shape index (κ3) is 5.50. The Bertz CT molecular complexity index is 468. The minimum absolute atomic E-state index is 0.241. The van der Waals surface area contributed by atoms with Gasteiger partial charge >= 0.3 is 6.09 Å². The highest BCUT2D eigenvalue weighted by atomic mass is 32.2. The summed E-state index contributed by atoms with van der Waals surface area (Å²) in [5.41, 5.74) is 6.88. The van der Waals surface area contributed by atoms with Crippen molar-refractivity contribution >= 4 is 35.1 Å². The van der Waals surface area contributed by atoms with E-state index in [2.05, 4.69) is 15.4 Å². The Balaban J connectivity index is 2.61. The van der Waals surface area contributed by atoms with Crippen molar-refractivity contribution < 1.29 is 14.3 Å². The Morgan fingerprint density at radius 2 is 2.00 bits per heavy atom. The number of thioether (sulfide) groups is 1. The van der Waals surface area contributed by atoms with E-state index in [0.717, 1.165) is 5.75 Å². The van der Waals surface area contributed by atoms with Gasteiger partial charge in [0.05, 0.1) is 13.2 Å². The first-order valence-electron chi connectivity index (χ1n) is 6.07. The van der Waals surface area contributed by atoms with Crippen molar-refractivity contribution in [1.82, 2.24) is 0 Å². The van der Waals surface area contributed by atoms with Crippen LogP contribution in [0, 0.1) is 0 Å². The molecule has 0 radical (unpaired) electrons. The topological polar surface area (TPSA) is 93.5 Å². The Kier molecular flexibility index (Phi) is 6.89. The number of carbonyl (C=O) groups is 2. The van der Waals surface area contributed by atoms with Crippen molar-refractivity contribution in [3.05, 3.63) is 24.3 Å². The van der Waals surface area contributed by atoms with Crippen LogP contribution in [0.3, 0.4) is 0 Å². The minimum Gasteiger partial charge on any atom is -0.453 e. The fourth-order valence-corrected chi connectivity index (χ4v) is 1.94. The third-order valence-corrected chi connectivity index (χ3v) is 3.18. The van der Waals surface area contributed by atoms with Crippen LogP contribution in [0.25, 0.3) is 0 Å². The summed E-state index contributed by atoms with van der Waals surface area (Å²) in [7, 11) is 1.28. The Labute approximate surface area is 122 Å². The average Bonchev–Trinajstić information content (AvgIpc) is 2.44. The predicted molar refractivity (Wildman–Crippen MR) is 82.1 cm³/mol. The van der Waals surface area contributed by atoms with Crippen LogP contribution in [0.2, 0.25) is 0 Å². The molecule has 2 amide bonds. The van der Waals surface area contributed by atoms with Crippen LogP contribution in [-0.2, 0) is 9.53 Å². The van der Waals surface area contributed by atoms with Crippen LogP contribution in [0.4, 0.5) is 16.2 Å². The van der Waals surface area contributed by atoms with Crippen LogP contribution in [-0.4, -0.2) is 37.2 Å². The van der Waals surface area contributed by atoms with Crippen molar-refractivity contribution in [3.8, 4) is 0 Å². The van der Waals surface area contributed by atoms with Gasteiger partial charge in [0.15, 0.2) is 0 Å². The Morgan fingerprint density at radius 1 is 1.35 bits per heavy atom. The molecule has 0 aliphatic carbocycles. The lowest BCUT2D eigenvalue weighted by Gasteiger charge is -2.12. The van der Waals surface area contributed by atoms with Crippen LogP contribution in [0.15, 0.2) is 24.3 Å². The normalized spacial score (nSPS) is 11.6. The number of hydrogen-bond acceptors (Lipinski definition) is 5. The summed E-state index contributed by atoms with van der Waals surface area (Å²) in [6.07, 6.45) is 2.02. The van der Waals surface area contributed by atoms with Gasteiger partial charge in [0, 0.05) is 11.4 Å².